The van der Waals surface area contributed by atoms with Gasteiger partial charge < -0.3 is 10.4 Å². The summed E-state index contributed by atoms with van der Waals surface area (Å²) in [7, 11) is 0. The number of carbonyl (C=O) groups is 2. The van der Waals surface area contributed by atoms with Gasteiger partial charge >= 0.3 is 5.97 Å². The van der Waals surface area contributed by atoms with Crippen molar-refractivity contribution in [3.05, 3.63) is 41.7 Å². The van der Waals surface area contributed by atoms with E-state index in [1.165, 1.54) is 10.7 Å². The Balaban J connectivity index is 1.93. The zero-order valence-corrected chi connectivity index (χ0v) is 15.4. The number of carboxylic acids is 1. The van der Waals surface area contributed by atoms with Gasteiger partial charge in [0.25, 0.3) is 5.91 Å². The van der Waals surface area contributed by atoms with Crippen LogP contribution in [0.25, 0.3) is 5.69 Å². The van der Waals surface area contributed by atoms with Crippen molar-refractivity contribution < 1.29 is 19.1 Å². The molecule has 1 aliphatic carbocycles. The number of hydrogen-bond donors (Lipinski definition) is 2. The second-order valence-corrected chi connectivity index (χ2v) is 7.32. The summed E-state index contributed by atoms with van der Waals surface area (Å²) < 4.78 is 15.5. The third kappa shape index (κ3) is 3.99. The molecular weight excluding hydrogens is 351 g/mol. The second kappa shape index (κ2) is 7.46. The third-order valence-corrected chi connectivity index (χ3v) is 4.86. The molecule has 1 heterocycles. The maximum atomic E-state index is 14.2. The van der Waals surface area contributed by atoms with E-state index in [4.69, 9.17) is 0 Å². The van der Waals surface area contributed by atoms with Gasteiger partial charge in [0, 0.05) is 5.92 Å². The summed E-state index contributed by atoms with van der Waals surface area (Å²) in [5, 5.41) is 16.2. The summed E-state index contributed by atoms with van der Waals surface area (Å²) >= 11 is 0. The van der Waals surface area contributed by atoms with Crippen LogP contribution >= 0.6 is 0 Å². The first-order valence-electron chi connectivity index (χ1n) is 9.07. The molecule has 1 fully saturated rings. The van der Waals surface area contributed by atoms with Gasteiger partial charge in [-0.05, 0) is 25.0 Å². The number of amides is 1. The molecule has 1 saturated carbocycles. The monoisotopic (exact) mass is 374 g/mol. The highest BCUT2D eigenvalue weighted by Crippen LogP contribution is 2.33. The molecule has 3 rings (SSSR count). The average molecular weight is 374 g/mol. The van der Waals surface area contributed by atoms with Crippen LogP contribution in [-0.4, -0.2) is 37.3 Å². The van der Waals surface area contributed by atoms with Crippen molar-refractivity contribution in [3.63, 3.8) is 0 Å². The lowest BCUT2D eigenvalue weighted by molar-refractivity contribution is -0.138. The molecular formula is C19H23FN4O3. The minimum Gasteiger partial charge on any atom is -0.481 e. The topological polar surface area (TPSA) is 97.1 Å². The summed E-state index contributed by atoms with van der Waals surface area (Å²) in [6.07, 6.45) is 2.81. The van der Waals surface area contributed by atoms with Gasteiger partial charge in [0.05, 0.1) is 12.0 Å². The van der Waals surface area contributed by atoms with Crippen LogP contribution in [0.15, 0.2) is 24.3 Å². The quantitative estimate of drug-likeness (QED) is 0.810. The van der Waals surface area contributed by atoms with Gasteiger partial charge in [0.15, 0.2) is 0 Å². The van der Waals surface area contributed by atoms with Crippen molar-refractivity contribution in [1.82, 2.24) is 20.1 Å². The highest BCUT2D eigenvalue weighted by molar-refractivity contribution is 5.91. The number of carbonyl (C=O) groups excluding carboxylic acids is 1. The minimum absolute atomic E-state index is 0.0846. The fourth-order valence-electron chi connectivity index (χ4n) is 3.58. The Morgan fingerprint density at radius 3 is 2.56 bits per heavy atom. The Morgan fingerprint density at radius 2 is 1.96 bits per heavy atom. The van der Waals surface area contributed by atoms with E-state index in [2.05, 4.69) is 15.4 Å². The lowest BCUT2D eigenvalue weighted by atomic mass is 9.93. The Hall–Kier alpha value is -2.77. The number of para-hydroxylation sites is 1. The zero-order chi connectivity index (χ0) is 19.6. The maximum Gasteiger partial charge on any atom is 0.305 e. The van der Waals surface area contributed by atoms with E-state index in [-0.39, 0.29) is 23.9 Å². The van der Waals surface area contributed by atoms with Crippen molar-refractivity contribution in [2.75, 3.05) is 0 Å². The predicted octanol–water partition coefficient (Wildman–Crippen LogP) is 3.05. The van der Waals surface area contributed by atoms with Gasteiger partial charge in [-0.1, -0.05) is 38.8 Å². The summed E-state index contributed by atoms with van der Waals surface area (Å²) in [4.78, 5) is 28.3. The van der Waals surface area contributed by atoms with Crippen LogP contribution in [-0.2, 0) is 4.79 Å². The van der Waals surface area contributed by atoms with Gasteiger partial charge in [-0.3, -0.25) is 9.59 Å². The Morgan fingerprint density at radius 1 is 1.30 bits per heavy atom. The summed E-state index contributed by atoms with van der Waals surface area (Å²) in [6.45, 7) is 3.76. The number of hydrogen-bond acceptors (Lipinski definition) is 4. The number of benzene rings is 1. The van der Waals surface area contributed by atoms with Crippen molar-refractivity contribution >= 4 is 11.9 Å². The summed E-state index contributed by atoms with van der Waals surface area (Å²) in [5.41, 5.74) is -0.557. The molecule has 1 aliphatic rings. The summed E-state index contributed by atoms with van der Waals surface area (Å²) in [6, 6.07) is 6.15. The van der Waals surface area contributed by atoms with Gasteiger partial charge in [-0.25, -0.2) is 14.1 Å². The highest BCUT2D eigenvalue weighted by atomic mass is 19.1. The molecule has 8 heteroatoms. The van der Waals surface area contributed by atoms with E-state index in [1.54, 1.807) is 18.2 Å². The molecule has 1 aromatic carbocycles. The Bertz CT molecular complexity index is 856. The molecule has 144 valence electrons. The first kappa shape index (κ1) is 19.0. The molecule has 2 N–H and O–H groups in total. The van der Waals surface area contributed by atoms with Crippen molar-refractivity contribution in [1.29, 1.82) is 0 Å². The molecule has 0 unspecified atom stereocenters. The molecule has 0 atom stereocenters. The number of rotatable bonds is 6. The lowest BCUT2D eigenvalue weighted by Crippen LogP contribution is -2.48. The highest BCUT2D eigenvalue weighted by Gasteiger charge is 2.38. The first-order chi connectivity index (χ1) is 12.8. The van der Waals surface area contributed by atoms with E-state index >= 15 is 0 Å². The van der Waals surface area contributed by atoms with Gasteiger partial charge in [-0.15, -0.1) is 5.10 Å². The molecule has 0 saturated heterocycles. The van der Waals surface area contributed by atoms with Crippen LogP contribution in [0.4, 0.5) is 4.39 Å². The van der Waals surface area contributed by atoms with Gasteiger partial charge in [0.2, 0.25) is 5.82 Å². The zero-order valence-electron chi connectivity index (χ0n) is 15.4. The second-order valence-electron chi connectivity index (χ2n) is 7.32. The van der Waals surface area contributed by atoms with Crippen LogP contribution in [0.3, 0.4) is 0 Å². The number of carboxylic acid groups (broad SMARTS) is 1. The molecule has 1 aromatic heterocycles. The van der Waals surface area contributed by atoms with E-state index in [1.807, 2.05) is 13.8 Å². The van der Waals surface area contributed by atoms with Crippen LogP contribution in [0.1, 0.15) is 68.3 Å². The fraction of sp³-hybridized carbons (Fsp3) is 0.474. The van der Waals surface area contributed by atoms with E-state index < -0.39 is 23.2 Å². The predicted molar refractivity (Wildman–Crippen MR) is 96.3 cm³/mol. The Labute approximate surface area is 156 Å². The third-order valence-electron chi connectivity index (χ3n) is 4.86. The Kier molecular flexibility index (Phi) is 5.25. The minimum atomic E-state index is -0.954. The van der Waals surface area contributed by atoms with Crippen molar-refractivity contribution in [3.8, 4) is 5.69 Å². The van der Waals surface area contributed by atoms with Gasteiger partial charge in [-0.2, -0.15) is 0 Å². The SMILES string of the molecule is CC(C)c1nc(C(=O)NC2(CC(=O)O)CCCC2)nn1-c1ccccc1F. The van der Waals surface area contributed by atoms with Crippen molar-refractivity contribution in [2.45, 2.75) is 57.4 Å². The molecule has 2 aromatic rings. The van der Waals surface area contributed by atoms with E-state index in [9.17, 15) is 19.1 Å². The fourth-order valence-corrected chi connectivity index (χ4v) is 3.58. The number of aromatic nitrogens is 3. The summed E-state index contributed by atoms with van der Waals surface area (Å²) in [5.74, 6) is -1.66. The number of nitrogens with one attached hydrogen (secondary N) is 1. The molecule has 27 heavy (non-hydrogen) atoms. The number of nitrogens with zero attached hydrogens (tertiary/aromatic N) is 3. The number of aliphatic carboxylic acids is 1. The van der Waals surface area contributed by atoms with Crippen molar-refractivity contribution in [2.24, 2.45) is 0 Å². The van der Waals surface area contributed by atoms with E-state index in [0.717, 1.165) is 12.8 Å². The van der Waals surface area contributed by atoms with Crippen LogP contribution < -0.4 is 5.32 Å². The molecule has 0 radical (unpaired) electrons. The maximum absolute atomic E-state index is 14.2. The lowest BCUT2D eigenvalue weighted by Gasteiger charge is -2.27. The first-order valence-corrected chi connectivity index (χ1v) is 9.07. The van der Waals surface area contributed by atoms with Crippen LogP contribution in [0.2, 0.25) is 0 Å². The largest absolute Gasteiger partial charge is 0.481 e. The van der Waals surface area contributed by atoms with Gasteiger partial charge in [0.1, 0.15) is 17.3 Å². The molecule has 7 nitrogen and oxygen atoms in total. The number of halogens is 1. The van der Waals surface area contributed by atoms with E-state index in [0.29, 0.717) is 18.7 Å². The average Bonchev–Trinajstić information content (AvgIpc) is 3.22. The van der Waals surface area contributed by atoms with Crippen LogP contribution in [0.5, 0.6) is 0 Å². The molecule has 0 bridgehead atoms. The molecule has 1 amide bonds. The normalized spacial score (nSPS) is 15.9. The standard InChI is InChI=1S/C19H23FN4O3/c1-12(2)17-21-16(23-24(17)14-8-4-3-7-13(14)20)18(27)22-19(11-15(25)26)9-5-6-10-19/h3-4,7-8,12H,5-6,9-11H2,1-2H3,(H,22,27)(H,25,26). The van der Waals surface area contributed by atoms with Crippen LogP contribution in [0, 0.1) is 5.82 Å². The smallest absolute Gasteiger partial charge is 0.305 e. The molecule has 0 spiro atoms. The molecule has 0 aliphatic heterocycles.